The summed E-state index contributed by atoms with van der Waals surface area (Å²) in [6.45, 7) is 3.38. The van der Waals surface area contributed by atoms with Crippen LogP contribution in [0.5, 0.6) is 11.5 Å². The molecular weight excluding hydrogens is 379 g/mol. The van der Waals surface area contributed by atoms with E-state index in [1.54, 1.807) is 0 Å². The Morgan fingerprint density at radius 3 is 2.57 bits per heavy atom. The largest absolute Gasteiger partial charge is 0.489 e. The zero-order chi connectivity index (χ0) is 14.8. The van der Waals surface area contributed by atoms with Crippen LogP contribution < -0.4 is 9.47 Å². The number of fused-ring (bicyclic) bond motifs is 1. The summed E-state index contributed by atoms with van der Waals surface area (Å²) in [4.78, 5) is 0. The minimum atomic E-state index is -0.660. The van der Waals surface area contributed by atoms with Gasteiger partial charge in [-0.2, -0.15) is 0 Å². The second-order valence-electron chi connectivity index (χ2n) is 5.36. The van der Waals surface area contributed by atoms with Crippen LogP contribution in [0.25, 0.3) is 0 Å². The average molecular weight is 396 g/mol. The van der Waals surface area contributed by atoms with E-state index in [1.807, 2.05) is 42.5 Å². The number of hydrogen-bond acceptors (Lipinski definition) is 3. The highest BCUT2D eigenvalue weighted by Gasteiger charge is 2.19. The van der Waals surface area contributed by atoms with Crippen LogP contribution in [0.15, 0.2) is 42.5 Å². The smallest absolute Gasteiger partial charge is 0.161 e. The molecule has 1 aliphatic rings. The summed E-state index contributed by atoms with van der Waals surface area (Å²) in [5, 5.41) is 10.6. The first-order valence-electron chi connectivity index (χ1n) is 6.97. The Morgan fingerprint density at radius 2 is 1.81 bits per heavy atom. The second kappa shape index (κ2) is 6.23. The summed E-state index contributed by atoms with van der Waals surface area (Å²) >= 11 is 2.24. The third-order valence-corrected chi connectivity index (χ3v) is 4.51. The lowest BCUT2D eigenvalue weighted by atomic mass is 10.0. The van der Waals surface area contributed by atoms with Crippen LogP contribution >= 0.6 is 22.6 Å². The van der Waals surface area contributed by atoms with Gasteiger partial charge in [0.1, 0.15) is 6.10 Å². The van der Waals surface area contributed by atoms with Crippen molar-refractivity contribution in [1.29, 1.82) is 0 Å². The van der Waals surface area contributed by atoms with Gasteiger partial charge in [-0.05, 0) is 51.9 Å². The molecule has 0 aliphatic carbocycles. The van der Waals surface area contributed by atoms with Gasteiger partial charge in [0.15, 0.2) is 11.5 Å². The Balaban J connectivity index is 1.92. The van der Waals surface area contributed by atoms with Gasteiger partial charge in [0.05, 0.1) is 13.2 Å². The highest BCUT2D eigenvalue weighted by Crippen LogP contribution is 2.35. The van der Waals surface area contributed by atoms with Gasteiger partial charge in [0.25, 0.3) is 0 Å². The van der Waals surface area contributed by atoms with Crippen molar-refractivity contribution in [1.82, 2.24) is 0 Å². The lowest BCUT2D eigenvalue weighted by Crippen LogP contribution is -2.12. The highest BCUT2D eigenvalue weighted by atomic mass is 127. The molecule has 0 saturated heterocycles. The van der Waals surface area contributed by atoms with E-state index in [2.05, 4.69) is 29.5 Å². The van der Waals surface area contributed by atoms with E-state index in [-0.39, 0.29) is 0 Å². The number of aliphatic hydroxyl groups excluding tert-OH is 1. The van der Waals surface area contributed by atoms with Crippen molar-refractivity contribution >= 4 is 22.6 Å². The Bertz CT molecular complexity index is 642. The average Bonchev–Trinajstić information content (AvgIpc) is 2.69. The zero-order valence-electron chi connectivity index (χ0n) is 11.8. The minimum Gasteiger partial charge on any atom is -0.489 e. The third-order valence-electron chi connectivity index (χ3n) is 3.53. The molecule has 0 saturated carbocycles. The van der Waals surface area contributed by atoms with Crippen LogP contribution in [0, 0.1) is 9.49 Å². The standard InChI is InChI=1S/C17H17IO3/c1-11-9-20-15-7-6-12(8-16(15)21-10-11)17(19)13-4-2-3-5-14(13)18/h2-8,11,17,19H,9-10H2,1H3. The number of halogens is 1. The first kappa shape index (κ1) is 14.7. The number of aliphatic hydroxyl groups is 1. The molecule has 3 rings (SSSR count). The van der Waals surface area contributed by atoms with Crippen molar-refractivity contribution in [2.75, 3.05) is 13.2 Å². The van der Waals surface area contributed by atoms with Crippen molar-refractivity contribution in [3.05, 3.63) is 57.2 Å². The second-order valence-corrected chi connectivity index (χ2v) is 6.52. The first-order valence-corrected chi connectivity index (χ1v) is 8.05. The van der Waals surface area contributed by atoms with E-state index >= 15 is 0 Å². The van der Waals surface area contributed by atoms with Gasteiger partial charge in [0, 0.05) is 9.49 Å². The molecule has 2 unspecified atom stereocenters. The monoisotopic (exact) mass is 396 g/mol. The molecule has 110 valence electrons. The van der Waals surface area contributed by atoms with Crippen LogP contribution in [-0.4, -0.2) is 18.3 Å². The van der Waals surface area contributed by atoms with Crippen molar-refractivity contribution in [3.63, 3.8) is 0 Å². The molecule has 0 radical (unpaired) electrons. The fraction of sp³-hybridized carbons (Fsp3) is 0.294. The summed E-state index contributed by atoms with van der Waals surface area (Å²) in [6, 6.07) is 13.5. The van der Waals surface area contributed by atoms with E-state index in [4.69, 9.17) is 9.47 Å². The van der Waals surface area contributed by atoms with Crippen LogP contribution in [-0.2, 0) is 0 Å². The fourth-order valence-electron chi connectivity index (χ4n) is 2.32. The van der Waals surface area contributed by atoms with Crippen molar-refractivity contribution < 1.29 is 14.6 Å². The molecular formula is C17H17IO3. The maximum Gasteiger partial charge on any atom is 0.161 e. The summed E-state index contributed by atoms with van der Waals surface area (Å²) in [5.41, 5.74) is 1.72. The van der Waals surface area contributed by atoms with Crippen molar-refractivity contribution in [2.45, 2.75) is 13.0 Å². The van der Waals surface area contributed by atoms with Gasteiger partial charge in [-0.3, -0.25) is 0 Å². The van der Waals surface area contributed by atoms with Gasteiger partial charge in [-0.25, -0.2) is 0 Å². The molecule has 2 aromatic rings. The summed E-state index contributed by atoms with van der Waals surface area (Å²) in [5.74, 6) is 1.82. The molecule has 1 aliphatic heterocycles. The maximum absolute atomic E-state index is 10.6. The Labute approximate surface area is 138 Å². The molecule has 3 nitrogen and oxygen atoms in total. The lowest BCUT2D eigenvalue weighted by Gasteiger charge is -2.15. The van der Waals surface area contributed by atoms with Crippen molar-refractivity contribution in [3.8, 4) is 11.5 Å². The van der Waals surface area contributed by atoms with Gasteiger partial charge in [-0.15, -0.1) is 0 Å². The minimum absolute atomic E-state index is 0.362. The molecule has 0 bridgehead atoms. The van der Waals surface area contributed by atoms with E-state index < -0.39 is 6.10 Å². The molecule has 0 aromatic heterocycles. The molecule has 0 spiro atoms. The molecule has 2 aromatic carbocycles. The zero-order valence-corrected chi connectivity index (χ0v) is 13.9. The number of rotatable bonds is 2. The SMILES string of the molecule is CC1COc2ccc(C(O)c3ccccc3I)cc2OC1. The Hall–Kier alpha value is -1.27. The Morgan fingerprint density at radius 1 is 1.10 bits per heavy atom. The van der Waals surface area contributed by atoms with E-state index in [1.165, 1.54) is 0 Å². The predicted molar refractivity (Wildman–Crippen MR) is 89.8 cm³/mol. The quantitative estimate of drug-likeness (QED) is 0.786. The van der Waals surface area contributed by atoms with E-state index in [0.717, 1.165) is 20.4 Å². The Kier molecular flexibility index (Phi) is 4.35. The number of ether oxygens (including phenoxy) is 2. The van der Waals surface area contributed by atoms with Crippen LogP contribution in [0.2, 0.25) is 0 Å². The number of benzene rings is 2. The molecule has 1 heterocycles. The van der Waals surface area contributed by atoms with E-state index in [0.29, 0.717) is 24.9 Å². The summed E-state index contributed by atoms with van der Waals surface area (Å²) < 4.78 is 12.5. The molecule has 4 heteroatoms. The molecule has 0 fully saturated rings. The third kappa shape index (κ3) is 3.16. The van der Waals surface area contributed by atoms with Crippen LogP contribution in [0.1, 0.15) is 24.2 Å². The molecule has 21 heavy (non-hydrogen) atoms. The lowest BCUT2D eigenvalue weighted by molar-refractivity contribution is 0.217. The predicted octanol–water partition coefficient (Wildman–Crippen LogP) is 3.78. The first-order chi connectivity index (χ1) is 10.1. The highest BCUT2D eigenvalue weighted by molar-refractivity contribution is 14.1. The molecule has 0 amide bonds. The molecule has 2 atom stereocenters. The van der Waals surface area contributed by atoms with Gasteiger partial charge < -0.3 is 14.6 Å². The summed E-state index contributed by atoms with van der Waals surface area (Å²) in [6.07, 6.45) is -0.660. The van der Waals surface area contributed by atoms with Crippen molar-refractivity contribution in [2.24, 2.45) is 5.92 Å². The van der Waals surface area contributed by atoms with Gasteiger partial charge in [0.2, 0.25) is 0 Å². The van der Waals surface area contributed by atoms with Gasteiger partial charge >= 0.3 is 0 Å². The fourth-order valence-corrected chi connectivity index (χ4v) is 3.00. The van der Waals surface area contributed by atoms with Gasteiger partial charge in [-0.1, -0.05) is 31.2 Å². The topological polar surface area (TPSA) is 38.7 Å². The summed E-state index contributed by atoms with van der Waals surface area (Å²) in [7, 11) is 0. The van der Waals surface area contributed by atoms with E-state index in [9.17, 15) is 5.11 Å². The molecule has 1 N–H and O–H groups in total. The number of hydrogen-bond donors (Lipinski definition) is 1. The normalized spacial score (nSPS) is 18.9. The van der Waals surface area contributed by atoms with Crippen LogP contribution in [0.3, 0.4) is 0 Å². The van der Waals surface area contributed by atoms with Crippen LogP contribution in [0.4, 0.5) is 0 Å². The maximum atomic E-state index is 10.6.